The monoisotopic (exact) mass is 548 g/mol. The summed E-state index contributed by atoms with van der Waals surface area (Å²) in [7, 11) is 2.22. The van der Waals surface area contributed by atoms with Crippen LogP contribution in [-0.4, -0.2) is 67.6 Å². The van der Waals surface area contributed by atoms with E-state index in [-0.39, 0.29) is 43.1 Å². The number of hydrogen-bond donors (Lipinski definition) is 2. The summed E-state index contributed by atoms with van der Waals surface area (Å²) < 4.78 is 0. The largest absolute Gasteiger partial charge is 0.355 e. The van der Waals surface area contributed by atoms with Crippen molar-refractivity contribution >= 4 is 43.1 Å². The topological polar surface area (TPSA) is 47.6 Å². The van der Waals surface area contributed by atoms with E-state index in [1.807, 2.05) is 0 Å². The lowest BCUT2D eigenvalue weighted by Gasteiger charge is -2.46. The standard InChI is InChI=1S/C27H44N4O.3ClH/c1-30(25-11-6-3-7-12-25)16-15-28-27(32)14-8-13-26-24-17-23(18-29-26)20-31(21-24)19-22-9-4-2-5-10-22;;;/h2,4-5,9-10,23-26,29H,3,6-8,11-21H2,1H3,(H,28,32);3*1H/t23-,24+,26+;;;/m0.../s1. The van der Waals surface area contributed by atoms with Gasteiger partial charge in [0.15, 0.2) is 0 Å². The van der Waals surface area contributed by atoms with Gasteiger partial charge in [0.25, 0.3) is 0 Å². The molecular weight excluding hydrogens is 503 g/mol. The first-order valence-corrected chi connectivity index (χ1v) is 13.1. The van der Waals surface area contributed by atoms with Gasteiger partial charge in [-0.2, -0.15) is 0 Å². The molecule has 1 aliphatic carbocycles. The molecule has 3 atom stereocenters. The minimum Gasteiger partial charge on any atom is -0.355 e. The molecule has 35 heavy (non-hydrogen) atoms. The van der Waals surface area contributed by atoms with E-state index in [2.05, 4.69) is 57.8 Å². The van der Waals surface area contributed by atoms with E-state index in [9.17, 15) is 4.79 Å². The number of fused-ring (bicyclic) bond motifs is 2. The summed E-state index contributed by atoms with van der Waals surface area (Å²) in [5.41, 5.74) is 1.42. The second-order valence-corrected chi connectivity index (χ2v) is 10.6. The molecule has 3 fully saturated rings. The van der Waals surface area contributed by atoms with Crippen molar-refractivity contribution in [1.29, 1.82) is 0 Å². The molecule has 0 unspecified atom stereocenters. The number of hydrogen-bond acceptors (Lipinski definition) is 4. The summed E-state index contributed by atoms with van der Waals surface area (Å²) in [6.45, 7) is 6.35. The number of piperidine rings is 2. The smallest absolute Gasteiger partial charge is 0.220 e. The number of halogens is 3. The first-order chi connectivity index (χ1) is 15.7. The molecule has 5 nitrogen and oxygen atoms in total. The SMILES string of the molecule is CN(CCNC(=O)CCC[C@H]1NC[C@@H]2C[C@@H]1CN(Cc1ccccc1)C2)C1CCCCC1.Cl.Cl.Cl. The number of likely N-dealkylation sites (tertiary alicyclic amines) is 1. The average Bonchev–Trinajstić information content (AvgIpc) is 2.82. The maximum absolute atomic E-state index is 12.4. The highest BCUT2D eigenvalue weighted by molar-refractivity contribution is 5.86. The summed E-state index contributed by atoms with van der Waals surface area (Å²) in [5, 5.41) is 6.97. The highest BCUT2D eigenvalue weighted by atomic mass is 35.5. The molecule has 2 bridgehead atoms. The molecule has 0 radical (unpaired) electrons. The number of carbonyl (C=O) groups excluding carboxylic acids is 1. The first-order valence-electron chi connectivity index (χ1n) is 13.1. The molecule has 1 aromatic carbocycles. The van der Waals surface area contributed by atoms with Crippen LogP contribution >= 0.6 is 37.2 Å². The predicted molar refractivity (Wildman–Crippen MR) is 153 cm³/mol. The third kappa shape index (κ3) is 10.4. The fourth-order valence-electron chi connectivity index (χ4n) is 6.23. The van der Waals surface area contributed by atoms with E-state index in [0.717, 1.165) is 56.9 Å². The number of carbonyl (C=O) groups is 1. The highest BCUT2D eigenvalue weighted by Gasteiger charge is 2.36. The quantitative estimate of drug-likeness (QED) is 0.435. The van der Waals surface area contributed by atoms with Crippen molar-refractivity contribution in [3.8, 4) is 0 Å². The van der Waals surface area contributed by atoms with Crippen molar-refractivity contribution in [2.45, 2.75) is 76.4 Å². The fraction of sp³-hybridized carbons (Fsp3) is 0.741. The van der Waals surface area contributed by atoms with Crippen molar-refractivity contribution in [1.82, 2.24) is 20.4 Å². The maximum Gasteiger partial charge on any atom is 0.220 e. The summed E-state index contributed by atoms with van der Waals surface area (Å²) in [4.78, 5) is 17.5. The zero-order valence-corrected chi connectivity index (χ0v) is 23.8. The molecule has 1 amide bonds. The molecule has 4 rings (SSSR count). The van der Waals surface area contributed by atoms with Crippen molar-refractivity contribution in [2.24, 2.45) is 11.8 Å². The zero-order chi connectivity index (χ0) is 22.2. The highest BCUT2D eigenvalue weighted by Crippen LogP contribution is 2.31. The molecule has 2 saturated heterocycles. The molecule has 2 aliphatic heterocycles. The van der Waals surface area contributed by atoms with E-state index >= 15 is 0 Å². The molecule has 2 heterocycles. The van der Waals surface area contributed by atoms with Gasteiger partial charge in [0.05, 0.1) is 0 Å². The maximum atomic E-state index is 12.4. The van der Waals surface area contributed by atoms with E-state index in [0.29, 0.717) is 12.5 Å². The van der Waals surface area contributed by atoms with Crippen LogP contribution in [0.15, 0.2) is 30.3 Å². The van der Waals surface area contributed by atoms with Crippen molar-refractivity contribution in [3.63, 3.8) is 0 Å². The Morgan fingerprint density at radius 3 is 2.57 bits per heavy atom. The van der Waals surface area contributed by atoms with Gasteiger partial charge in [-0.1, -0.05) is 49.6 Å². The van der Waals surface area contributed by atoms with Crippen LogP contribution in [0.4, 0.5) is 0 Å². The number of nitrogens with zero attached hydrogens (tertiary/aromatic N) is 2. The zero-order valence-electron chi connectivity index (χ0n) is 21.3. The van der Waals surface area contributed by atoms with Crippen LogP contribution in [0.1, 0.15) is 63.4 Å². The van der Waals surface area contributed by atoms with Gasteiger partial charge < -0.3 is 15.5 Å². The van der Waals surface area contributed by atoms with Gasteiger partial charge in [0.2, 0.25) is 5.91 Å². The Balaban J connectivity index is 0.00000204. The molecular formula is C27H47Cl3N4O. The summed E-state index contributed by atoms with van der Waals surface area (Å²) in [6, 6.07) is 12.2. The molecule has 2 N–H and O–H groups in total. The average molecular weight is 550 g/mol. The number of nitrogens with one attached hydrogen (secondary N) is 2. The summed E-state index contributed by atoms with van der Waals surface area (Å²) in [6.07, 6.45) is 10.9. The fourth-order valence-corrected chi connectivity index (χ4v) is 6.23. The molecule has 202 valence electrons. The lowest BCUT2D eigenvalue weighted by atomic mass is 9.79. The number of benzene rings is 1. The van der Waals surface area contributed by atoms with Crippen LogP contribution in [0.2, 0.25) is 0 Å². The van der Waals surface area contributed by atoms with Crippen LogP contribution in [-0.2, 0) is 11.3 Å². The molecule has 0 aromatic heterocycles. The lowest BCUT2D eigenvalue weighted by Crippen LogP contribution is -2.55. The van der Waals surface area contributed by atoms with Gasteiger partial charge in [-0.05, 0) is 63.1 Å². The van der Waals surface area contributed by atoms with Crippen LogP contribution in [0.5, 0.6) is 0 Å². The van der Waals surface area contributed by atoms with Crippen LogP contribution in [0.3, 0.4) is 0 Å². The molecule has 1 aromatic rings. The minimum atomic E-state index is 0. The number of rotatable bonds is 10. The van der Waals surface area contributed by atoms with Crippen molar-refractivity contribution in [3.05, 3.63) is 35.9 Å². The van der Waals surface area contributed by atoms with Gasteiger partial charge in [-0.15, -0.1) is 37.2 Å². The second-order valence-electron chi connectivity index (χ2n) is 10.6. The Hall–Kier alpha value is -0.560. The van der Waals surface area contributed by atoms with Crippen LogP contribution < -0.4 is 10.6 Å². The van der Waals surface area contributed by atoms with Crippen molar-refractivity contribution < 1.29 is 4.79 Å². The summed E-state index contributed by atoms with van der Waals surface area (Å²) >= 11 is 0. The Morgan fingerprint density at radius 2 is 1.83 bits per heavy atom. The van der Waals surface area contributed by atoms with Gasteiger partial charge >= 0.3 is 0 Å². The van der Waals surface area contributed by atoms with E-state index in [4.69, 9.17) is 0 Å². The normalized spacial score (nSPS) is 24.6. The van der Waals surface area contributed by atoms with Crippen LogP contribution in [0.25, 0.3) is 0 Å². The lowest BCUT2D eigenvalue weighted by molar-refractivity contribution is -0.121. The third-order valence-electron chi connectivity index (χ3n) is 8.04. The first kappa shape index (κ1) is 32.5. The van der Waals surface area contributed by atoms with Gasteiger partial charge in [-0.25, -0.2) is 0 Å². The van der Waals surface area contributed by atoms with Gasteiger partial charge in [0, 0.05) is 51.2 Å². The molecule has 8 heteroatoms. The van der Waals surface area contributed by atoms with Crippen molar-refractivity contribution in [2.75, 3.05) is 39.8 Å². The third-order valence-corrected chi connectivity index (χ3v) is 8.04. The molecule has 0 spiro atoms. The van der Waals surface area contributed by atoms with Gasteiger partial charge in [-0.3, -0.25) is 9.69 Å². The van der Waals surface area contributed by atoms with Gasteiger partial charge in [0.1, 0.15) is 0 Å². The molecule has 1 saturated carbocycles. The van der Waals surface area contributed by atoms with E-state index < -0.39 is 0 Å². The summed E-state index contributed by atoms with van der Waals surface area (Å²) in [5.74, 6) is 1.72. The number of likely N-dealkylation sites (N-methyl/N-ethyl adjacent to an activating group) is 1. The van der Waals surface area contributed by atoms with E-state index in [1.165, 1.54) is 57.2 Å². The Labute approximate surface area is 231 Å². The Kier molecular flexibility index (Phi) is 15.8. The minimum absolute atomic E-state index is 0. The Bertz CT molecular complexity index is 705. The molecule has 3 aliphatic rings. The number of amides is 1. The van der Waals surface area contributed by atoms with Crippen LogP contribution in [0, 0.1) is 11.8 Å². The van der Waals surface area contributed by atoms with E-state index in [1.54, 1.807) is 0 Å². The Morgan fingerprint density at radius 1 is 1.09 bits per heavy atom. The second kappa shape index (κ2) is 17.0. The predicted octanol–water partition coefficient (Wildman–Crippen LogP) is 4.91.